The number of nitrogens with two attached hydrogens (primary N) is 1. The summed E-state index contributed by atoms with van der Waals surface area (Å²) in [5.74, 6) is 0.277. The van der Waals surface area contributed by atoms with Crippen LogP contribution in [0.5, 0.6) is 0 Å². The van der Waals surface area contributed by atoms with Crippen LogP contribution in [0.15, 0.2) is 0 Å². The lowest BCUT2D eigenvalue weighted by atomic mass is 9.93. The second-order valence-corrected chi connectivity index (χ2v) is 5.91. The highest BCUT2D eigenvalue weighted by molar-refractivity contribution is 5.76. The summed E-state index contributed by atoms with van der Waals surface area (Å²) in [5, 5.41) is 0. The Bertz CT molecular complexity index is 250. The fourth-order valence-corrected chi connectivity index (χ4v) is 2.21. The third-order valence-corrected chi connectivity index (χ3v) is 3.63. The maximum absolute atomic E-state index is 11.9. The Kier molecular flexibility index (Phi) is 9.02. The standard InChI is InChI=1S/C15H33N3O/c1-6-17(13-15(4,5)12-16)11-9-10-14(19)18(7-2)8-3/h6-13,16H2,1-5H3. The van der Waals surface area contributed by atoms with E-state index < -0.39 is 0 Å². The van der Waals surface area contributed by atoms with Crippen LogP contribution >= 0.6 is 0 Å². The van der Waals surface area contributed by atoms with Crippen molar-refractivity contribution in [3.8, 4) is 0 Å². The molecule has 0 bridgehead atoms. The van der Waals surface area contributed by atoms with Crippen LogP contribution in [0.1, 0.15) is 47.5 Å². The van der Waals surface area contributed by atoms with Crippen molar-refractivity contribution >= 4 is 5.91 Å². The van der Waals surface area contributed by atoms with Crippen molar-refractivity contribution in [1.82, 2.24) is 9.80 Å². The van der Waals surface area contributed by atoms with Crippen LogP contribution in [0.2, 0.25) is 0 Å². The molecule has 4 heteroatoms. The molecule has 0 radical (unpaired) electrons. The van der Waals surface area contributed by atoms with Gasteiger partial charge in [0, 0.05) is 26.1 Å². The first-order chi connectivity index (χ1) is 8.90. The van der Waals surface area contributed by atoms with E-state index in [0.717, 1.165) is 39.1 Å². The lowest BCUT2D eigenvalue weighted by Gasteiger charge is -2.31. The predicted octanol–water partition coefficient (Wildman–Crippen LogP) is 1.94. The van der Waals surface area contributed by atoms with E-state index in [1.54, 1.807) is 0 Å². The molecule has 0 aromatic rings. The molecule has 0 rings (SSSR count). The minimum Gasteiger partial charge on any atom is -0.343 e. The summed E-state index contributed by atoms with van der Waals surface area (Å²) < 4.78 is 0. The van der Waals surface area contributed by atoms with Gasteiger partial charge in [0.2, 0.25) is 5.91 Å². The fourth-order valence-electron chi connectivity index (χ4n) is 2.21. The second-order valence-electron chi connectivity index (χ2n) is 5.91. The molecule has 114 valence electrons. The highest BCUT2D eigenvalue weighted by Gasteiger charge is 2.19. The molecule has 0 aliphatic heterocycles. The topological polar surface area (TPSA) is 49.6 Å². The lowest BCUT2D eigenvalue weighted by molar-refractivity contribution is -0.131. The van der Waals surface area contributed by atoms with Gasteiger partial charge in [0.1, 0.15) is 0 Å². The summed E-state index contributed by atoms with van der Waals surface area (Å²) in [6.07, 6.45) is 1.59. The minimum atomic E-state index is 0.152. The largest absolute Gasteiger partial charge is 0.343 e. The predicted molar refractivity (Wildman–Crippen MR) is 82.1 cm³/mol. The van der Waals surface area contributed by atoms with Crippen LogP contribution in [0.25, 0.3) is 0 Å². The van der Waals surface area contributed by atoms with E-state index in [2.05, 4.69) is 25.7 Å². The average Bonchev–Trinajstić information content (AvgIpc) is 2.38. The van der Waals surface area contributed by atoms with Gasteiger partial charge in [-0.25, -0.2) is 0 Å². The fraction of sp³-hybridized carbons (Fsp3) is 0.933. The van der Waals surface area contributed by atoms with E-state index in [4.69, 9.17) is 5.73 Å². The summed E-state index contributed by atoms with van der Waals surface area (Å²) in [6.45, 7) is 15.9. The highest BCUT2D eigenvalue weighted by Crippen LogP contribution is 2.15. The molecule has 1 amide bonds. The summed E-state index contributed by atoms with van der Waals surface area (Å²) in [6, 6.07) is 0. The molecular formula is C15H33N3O. The third kappa shape index (κ3) is 7.53. The van der Waals surface area contributed by atoms with Crippen LogP contribution in [0, 0.1) is 5.41 Å². The van der Waals surface area contributed by atoms with Crippen LogP contribution in [-0.2, 0) is 4.79 Å². The maximum atomic E-state index is 11.9. The number of hydrogen-bond acceptors (Lipinski definition) is 3. The summed E-state index contributed by atoms with van der Waals surface area (Å²) in [4.78, 5) is 16.2. The van der Waals surface area contributed by atoms with E-state index in [0.29, 0.717) is 13.0 Å². The zero-order valence-corrected chi connectivity index (χ0v) is 13.5. The van der Waals surface area contributed by atoms with Crippen molar-refractivity contribution < 1.29 is 4.79 Å². The first kappa shape index (κ1) is 18.4. The van der Waals surface area contributed by atoms with Gasteiger partial charge in [0.05, 0.1) is 0 Å². The van der Waals surface area contributed by atoms with Gasteiger partial charge in [-0.05, 0) is 45.3 Å². The molecule has 0 saturated heterocycles. The molecule has 0 aromatic heterocycles. The van der Waals surface area contributed by atoms with E-state index in [-0.39, 0.29) is 11.3 Å². The lowest BCUT2D eigenvalue weighted by Crippen LogP contribution is -2.39. The Hall–Kier alpha value is -0.610. The number of rotatable bonds is 10. The van der Waals surface area contributed by atoms with Crippen LogP contribution < -0.4 is 5.73 Å². The molecule has 0 unspecified atom stereocenters. The number of carbonyl (C=O) groups excluding carboxylic acids is 1. The first-order valence-electron chi connectivity index (χ1n) is 7.60. The van der Waals surface area contributed by atoms with E-state index in [9.17, 15) is 4.79 Å². The SMILES string of the molecule is CCN(CCCC(=O)N(CC)CC)CC(C)(C)CN. The van der Waals surface area contributed by atoms with Crippen molar-refractivity contribution in [2.45, 2.75) is 47.5 Å². The van der Waals surface area contributed by atoms with Crippen molar-refractivity contribution in [2.24, 2.45) is 11.1 Å². The minimum absolute atomic E-state index is 0.152. The highest BCUT2D eigenvalue weighted by atomic mass is 16.2. The van der Waals surface area contributed by atoms with Gasteiger partial charge in [0.25, 0.3) is 0 Å². The van der Waals surface area contributed by atoms with Crippen molar-refractivity contribution in [2.75, 3.05) is 39.3 Å². The molecule has 0 aliphatic carbocycles. The van der Waals surface area contributed by atoms with E-state index in [1.807, 2.05) is 18.7 Å². The molecule has 19 heavy (non-hydrogen) atoms. The van der Waals surface area contributed by atoms with Crippen molar-refractivity contribution in [3.63, 3.8) is 0 Å². The van der Waals surface area contributed by atoms with Gasteiger partial charge in [0.15, 0.2) is 0 Å². The summed E-state index contributed by atoms with van der Waals surface area (Å²) in [7, 11) is 0. The Morgan fingerprint density at radius 2 is 1.68 bits per heavy atom. The first-order valence-corrected chi connectivity index (χ1v) is 7.60. The average molecular weight is 271 g/mol. The van der Waals surface area contributed by atoms with Gasteiger partial charge < -0.3 is 15.5 Å². The van der Waals surface area contributed by atoms with Gasteiger partial charge in [-0.1, -0.05) is 20.8 Å². The Balaban J connectivity index is 4.06. The quantitative estimate of drug-likeness (QED) is 0.660. The third-order valence-electron chi connectivity index (χ3n) is 3.63. The molecule has 0 heterocycles. The molecule has 0 fully saturated rings. The van der Waals surface area contributed by atoms with Crippen LogP contribution in [0.4, 0.5) is 0 Å². The molecule has 0 aliphatic rings. The summed E-state index contributed by atoms with van der Waals surface area (Å²) >= 11 is 0. The van der Waals surface area contributed by atoms with Crippen molar-refractivity contribution in [1.29, 1.82) is 0 Å². The molecular weight excluding hydrogens is 238 g/mol. The normalized spacial score (nSPS) is 11.9. The number of amides is 1. The Morgan fingerprint density at radius 1 is 1.11 bits per heavy atom. The molecule has 4 nitrogen and oxygen atoms in total. The second kappa shape index (κ2) is 9.32. The Morgan fingerprint density at radius 3 is 2.11 bits per heavy atom. The van der Waals surface area contributed by atoms with Crippen LogP contribution in [0.3, 0.4) is 0 Å². The molecule has 0 spiro atoms. The van der Waals surface area contributed by atoms with E-state index >= 15 is 0 Å². The summed E-state index contributed by atoms with van der Waals surface area (Å²) in [5.41, 5.74) is 5.93. The van der Waals surface area contributed by atoms with Crippen LogP contribution in [-0.4, -0.2) is 55.0 Å². The monoisotopic (exact) mass is 271 g/mol. The number of nitrogens with zero attached hydrogens (tertiary/aromatic N) is 2. The molecule has 0 saturated carbocycles. The zero-order valence-electron chi connectivity index (χ0n) is 13.5. The molecule has 0 atom stereocenters. The van der Waals surface area contributed by atoms with E-state index in [1.165, 1.54) is 0 Å². The van der Waals surface area contributed by atoms with Gasteiger partial charge in [-0.15, -0.1) is 0 Å². The maximum Gasteiger partial charge on any atom is 0.222 e. The van der Waals surface area contributed by atoms with Gasteiger partial charge in [-0.2, -0.15) is 0 Å². The van der Waals surface area contributed by atoms with Gasteiger partial charge in [-0.3, -0.25) is 4.79 Å². The number of hydrogen-bond donors (Lipinski definition) is 1. The zero-order chi connectivity index (χ0) is 14.9. The van der Waals surface area contributed by atoms with Crippen molar-refractivity contribution in [3.05, 3.63) is 0 Å². The molecule has 0 aromatic carbocycles. The smallest absolute Gasteiger partial charge is 0.222 e. The van der Waals surface area contributed by atoms with Gasteiger partial charge >= 0.3 is 0 Å². The molecule has 2 N–H and O–H groups in total. The Labute approximate surface area is 119 Å². The number of carbonyl (C=O) groups is 1.